The maximum atomic E-state index is 11.6. The highest BCUT2D eigenvalue weighted by Crippen LogP contribution is 2.12. The van der Waals surface area contributed by atoms with Crippen LogP contribution in [0.1, 0.15) is 12.0 Å². The molecule has 0 heterocycles. The summed E-state index contributed by atoms with van der Waals surface area (Å²) in [7, 11) is 1.61. The van der Waals surface area contributed by atoms with Crippen molar-refractivity contribution in [3.05, 3.63) is 46.0 Å². The Bertz CT molecular complexity index is 529. The molecule has 98 valence electrons. The quantitative estimate of drug-likeness (QED) is 0.459. The van der Waals surface area contributed by atoms with Crippen LogP contribution in [0.15, 0.2) is 30.3 Å². The summed E-state index contributed by atoms with van der Waals surface area (Å²) in [5.74, 6) is -0.214. The largest absolute Gasteiger partial charge is 0.341 e. The van der Waals surface area contributed by atoms with E-state index in [0.29, 0.717) is 12.1 Å². The van der Waals surface area contributed by atoms with Gasteiger partial charge in [0.25, 0.3) is 5.69 Å². The molecule has 0 radical (unpaired) electrons. The van der Waals surface area contributed by atoms with Gasteiger partial charge in [-0.15, -0.1) is 0 Å². The van der Waals surface area contributed by atoms with Gasteiger partial charge in [0.05, 0.1) is 17.4 Å². The Morgan fingerprint density at radius 1 is 1.47 bits per heavy atom. The smallest absolute Gasteiger partial charge is 0.269 e. The minimum Gasteiger partial charge on any atom is -0.341 e. The molecule has 0 bridgehead atoms. The van der Waals surface area contributed by atoms with Crippen LogP contribution in [-0.2, 0) is 4.79 Å². The van der Waals surface area contributed by atoms with Crippen LogP contribution in [0.3, 0.4) is 0 Å². The number of nitro benzene ring substituents is 1. The summed E-state index contributed by atoms with van der Waals surface area (Å²) in [5, 5.41) is 18.9. The van der Waals surface area contributed by atoms with Gasteiger partial charge >= 0.3 is 0 Å². The van der Waals surface area contributed by atoms with E-state index in [1.54, 1.807) is 25.3 Å². The first kappa shape index (κ1) is 14.4. The first-order valence-electron chi connectivity index (χ1n) is 5.59. The molecule has 6 nitrogen and oxygen atoms in total. The lowest BCUT2D eigenvalue weighted by Gasteiger charge is -2.12. The molecule has 0 spiro atoms. The van der Waals surface area contributed by atoms with E-state index in [1.807, 2.05) is 6.07 Å². The van der Waals surface area contributed by atoms with Gasteiger partial charge in [0.2, 0.25) is 5.91 Å². The molecular weight excluding hydrogens is 246 g/mol. The van der Waals surface area contributed by atoms with Gasteiger partial charge in [-0.1, -0.05) is 0 Å². The lowest BCUT2D eigenvalue weighted by atomic mass is 10.2. The minimum atomic E-state index is -0.478. The van der Waals surface area contributed by atoms with Gasteiger partial charge in [0, 0.05) is 31.8 Å². The molecular formula is C13H13N3O3. The van der Waals surface area contributed by atoms with Gasteiger partial charge in [-0.2, -0.15) is 5.26 Å². The summed E-state index contributed by atoms with van der Waals surface area (Å²) in [5.41, 5.74) is 0.710. The van der Waals surface area contributed by atoms with Crippen molar-refractivity contribution in [1.29, 1.82) is 5.26 Å². The van der Waals surface area contributed by atoms with Crippen molar-refractivity contribution < 1.29 is 9.72 Å². The monoisotopic (exact) mass is 259 g/mol. The molecule has 1 aromatic rings. The first-order valence-corrected chi connectivity index (χ1v) is 5.59. The molecule has 0 saturated heterocycles. The van der Waals surface area contributed by atoms with Crippen molar-refractivity contribution in [2.75, 3.05) is 13.6 Å². The highest BCUT2D eigenvalue weighted by atomic mass is 16.6. The van der Waals surface area contributed by atoms with Gasteiger partial charge in [0.1, 0.15) is 0 Å². The molecule has 0 aromatic heterocycles. The number of likely N-dealkylation sites (N-methyl/N-ethyl adjacent to an activating group) is 1. The third-order valence-electron chi connectivity index (χ3n) is 2.46. The molecule has 1 amide bonds. The molecule has 19 heavy (non-hydrogen) atoms. The summed E-state index contributed by atoms with van der Waals surface area (Å²) in [6.45, 7) is 0.375. The number of benzene rings is 1. The summed E-state index contributed by atoms with van der Waals surface area (Å²) < 4.78 is 0. The van der Waals surface area contributed by atoms with Crippen LogP contribution in [0.25, 0.3) is 6.08 Å². The lowest BCUT2D eigenvalue weighted by Crippen LogP contribution is -2.25. The normalized spacial score (nSPS) is 10.1. The molecule has 0 aliphatic rings. The van der Waals surface area contributed by atoms with Crippen molar-refractivity contribution in [3.8, 4) is 6.07 Å². The highest BCUT2D eigenvalue weighted by molar-refractivity contribution is 5.91. The van der Waals surface area contributed by atoms with Gasteiger partial charge in [-0.3, -0.25) is 14.9 Å². The average molecular weight is 259 g/mol. The Morgan fingerprint density at radius 2 is 2.11 bits per heavy atom. The molecule has 6 heteroatoms. The number of carbonyl (C=O) groups is 1. The van der Waals surface area contributed by atoms with Crippen molar-refractivity contribution in [1.82, 2.24) is 4.90 Å². The SMILES string of the molecule is CN(CCC#N)C(=O)/C=C/c1ccc([N+](=O)[O-])cc1. The van der Waals surface area contributed by atoms with Gasteiger partial charge in [-0.25, -0.2) is 0 Å². The zero-order chi connectivity index (χ0) is 14.3. The van der Waals surface area contributed by atoms with Crippen LogP contribution in [0.4, 0.5) is 5.69 Å². The molecule has 0 aliphatic heterocycles. The van der Waals surface area contributed by atoms with Gasteiger partial charge in [-0.05, 0) is 23.8 Å². The van der Waals surface area contributed by atoms with E-state index in [9.17, 15) is 14.9 Å². The molecule has 0 unspecified atom stereocenters. The number of carbonyl (C=O) groups excluding carboxylic acids is 1. The predicted octanol–water partition coefficient (Wildman–Crippen LogP) is 1.98. The Kier molecular flexibility index (Phi) is 5.23. The Balaban J connectivity index is 2.63. The van der Waals surface area contributed by atoms with E-state index in [1.165, 1.54) is 23.1 Å². The van der Waals surface area contributed by atoms with Crippen LogP contribution in [0, 0.1) is 21.4 Å². The number of nitro groups is 1. The fourth-order valence-corrected chi connectivity index (χ4v) is 1.33. The molecule has 0 atom stereocenters. The van der Waals surface area contributed by atoms with Crippen LogP contribution in [-0.4, -0.2) is 29.3 Å². The average Bonchev–Trinajstić information content (AvgIpc) is 2.42. The third kappa shape index (κ3) is 4.60. The second-order valence-electron chi connectivity index (χ2n) is 3.85. The molecule has 0 aliphatic carbocycles. The molecule has 1 rings (SSSR count). The van der Waals surface area contributed by atoms with Crippen molar-refractivity contribution in [2.24, 2.45) is 0 Å². The van der Waals surface area contributed by atoms with Crippen LogP contribution >= 0.6 is 0 Å². The molecule has 1 aromatic carbocycles. The van der Waals surface area contributed by atoms with Crippen molar-refractivity contribution in [2.45, 2.75) is 6.42 Å². The minimum absolute atomic E-state index is 0.00890. The topological polar surface area (TPSA) is 87.2 Å². The van der Waals surface area contributed by atoms with Gasteiger partial charge in [0.15, 0.2) is 0 Å². The third-order valence-corrected chi connectivity index (χ3v) is 2.46. The number of amides is 1. The number of non-ortho nitro benzene ring substituents is 1. The Labute approximate surface area is 110 Å². The van der Waals surface area contributed by atoms with Crippen molar-refractivity contribution >= 4 is 17.7 Å². The highest BCUT2D eigenvalue weighted by Gasteiger charge is 2.05. The Morgan fingerprint density at radius 3 is 2.63 bits per heavy atom. The predicted molar refractivity (Wildman–Crippen MR) is 70.0 cm³/mol. The number of nitriles is 1. The summed E-state index contributed by atoms with van der Waals surface area (Å²) >= 11 is 0. The van der Waals surface area contributed by atoms with E-state index in [-0.39, 0.29) is 18.0 Å². The van der Waals surface area contributed by atoms with Crippen LogP contribution in [0.2, 0.25) is 0 Å². The van der Waals surface area contributed by atoms with E-state index in [0.717, 1.165) is 0 Å². The fourth-order valence-electron chi connectivity index (χ4n) is 1.33. The van der Waals surface area contributed by atoms with E-state index < -0.39 is 4.92 Å². The second kappa shape index (κ2) is 6.91. The van der Waals surface area contributed by atoms with Gasteiger partial charge < -0.3 is 4.90 Å². The van der Waals surface area contributed by atoms with Crippen LogP contribution in [0.5, 0.6) is 0 Å². The fraction of sp³-hybridized carbons (Fsp3) is 0.231. The van der Waals surface area contributed by atoms with E-state index >= 15 is 0 Å². The molecule has 0 N–H and O–H groups in total. The lowest BCUT2D eigenvalue weighted by molar-refractivity contribution is -0.384. The molecule has 0 fully saturated rings. The maximum Gasteiger partial charge on any atom is 0.269 e. The standard InChI is InChI=1S/C13H13N3O3/c1-15(10-2-9-14)13(17)8-5-11-3-6-12(7-4-11)16(18)19/h3-8H,2,10H2,1H3/b8-5+. The Hall–Kier alpha value is -2.68. The molecule has 0 saturated carbocycles. The number of rotatable bonds is 5. The maximum absolute atomic E-state index is 11.6. The zero-order valence-corrected chi connectivity index (χ0v) is 10.4. The summed E-state index contributed by atoms with van der Waals surface area (Å²) in [4.78, 5) is 23.0. The van der Waals surface area contributed by atoms with E-state index in [4.69, 9.17) is 5.26 Å². The van der Waals surface area contributed by atoms with Crippen molar-refractivity contribution in [3.63, 3.8) is 0 Å². The number of hydrogen-bond donors (Lipinski definition) is 0. The summed E-state index contributed by atoms with van der Waals surface area (Å²) in [6.07, 6.45) is 3.24. The zero-order valence-electron chi connectivity index (χ0n) is 10.4. The second-order valence-corrected chi connectivity index (χ2v) is 3.85. The van der Waals surface area contributed by atoms with Crippen LogP contribution < -0.4 is 0 Å². The van der Waals surface area contributed by atoms with E-state index in [2.05, 4.69) is 0 Å². The summed E-state index contributed by atoms with van der Waals surface area (Å²) in [6, 6.07) is 7.85. The number of nitrogens with zero attached hydrogens (tertiary/aromatic N) is 3. The first-order chi connectivity index (χ1) is 9.04. The number of hydrogen-bond acceptors (Lipinski definition) is 4.